The Labute approximate surface area is 343 Å². The van der Waals surface area contributed by atoms with E-state index in [0.29, 0.717) is 19.3 Å². The molecule has 0 aliphatic heterocycles. The molecule has 1 aliphatic carbocycles. The van der Waals surface area contributed by atoms with Crippen LogP contribution in [0.5, 0.6) is 0 Å². The molecule has 0 amide bonds. The number of unbranched alkanes of at least 4 members (excludes halogenated alkanes) is 20. The van der Waals surface area contributed by atoms with Crippen LogP contribution in [-0.2, 0) is 32.7 Å². The van der Waals surface area contributed by atoms with Gasteiger partial charge >= 0.3 is 19.8 Å². The van der Waals surface area contributed by atoms with Crippen molar-refractivity contribution in [2.45, 2.75) is 224 Å². The maximum Gasteiger partial charge on any atom is 0.472 e. The summed E-state index contributed by atoms with van der Waals surface area (Å²) in [6.45, 7) is 3.25. The van der Waals surface area contributed by atoms with Crippen molar-refractivity contribution in [1.29, 1.82) is 0 Å². The number of ether oxygens (including phenoxy) is 2. The number of carbonyl (C=O) groups is 2. The topological polar surface area (TPSA) is 210 Å². The zero-order valence-electron chi connectivity index (χ0n) is 35.1. The monoisotopic (exact) mass is 835 g/mol. The molecule has 1 rings (SSSR count). The van der Waals surface area contributed by atoms with Crippen molar-refractivity contribution in [2.75, 3.05) is 13.2 Å². The molecule has 0 aromatic heterocycles. The summed E-state index contributed by atoms with van der Waals surface area (Å²) < 4.78 is 33.4. The van der Waals surface area contributed by atoms with E-state index in [-0.39, 0.29) is 12.8 Å². The van der Waals surface area contributed by atoms with E-state index >= 15 is 0 Å². The number of aliphatic hydroxyl groups excluding tert-OH is 5. The van der Waals surface area contributed by atoms with E-state index in [0.717, 1.165) is 32.1 Å². The Bertz CT molecular complexity index is 1100. The Kier molecular flexibility index (Phi) is 31.9. The van der Waals surface area contributed by atoms with Crippen LogP contribution < -0.4 is 0 Å². The van der Waals surface area contributed by atoms with Crippen LogP contribution in [0.3, 0.4) is 0 Å². The first-order valence-corrected chi connectivity index (χ1v) is 23.6. The summed E-state index contributed by atoms with van der Waals surface area (Å²) in [6.07, 6.45) is 22.5. The predicted octanol–water partition coefficient (Wildman–Crippen LogP) is 8.06. The minimum atomic E-state index is -5.12. The summed E-state index contributed by atoms with van der Waals surface area (Å²) in [5.74, 6) is -1.15. The lowest BCUT2D eigenvalue weighted by molar-refractivity contribution is -0.220. The van der Waals surface area contributed by atoms with Crippen LogP contribution in [0, 0.1) is 0 Å². The highest BCUT2D eigenvalue weighted by Gasteiger charge is 2.51. The largest absolute Gasteiger partial charge is 0.472 e. The van der Waals surface area contributed by atoms with Gasteiger partial charge in [-0.15, -0.1) is 0 Å². The Morgan fingerprint density at radius 1 is 0.544 bits per heavy atom. The number of phosphoric acid groups is 1. The van der Waals surface area contributed by atoms with Gasteiger partial charge in [-0.2, -0.15) is 0 Å². The lowest BCUT2D eigenvalue weighted by Gasteiger charge is -2.41. The maximum atomic E-state index is 12.8. The van der Waals surface area contributed by atoms with E-state index in [1.165, 1.54) is 103 Å². The summed E-state index contributed by atoms with van der Waals surface area (Å²) in [6, 6.07) is 0. The van der Waals surface area contributed by atoms with E-state index in [1.807, 2.05) is 12.2 Å². The van der Waals surface area contributed by atoms with Gasteiger partial charge in [0.1, 0.15) is 43.2 Å². The molecule has 1 fully saturated rings. The van der Waals surface area contributed by atoms with Crippen LogP contribution >= 0.6 is 7.82 Å². The Hall–Kier alpha value is -1.67. The Morgan fingerprint density at radius 2 is 0.965 bits per heavy atom. The van der Waals surface area contributed by atoms with Crippen LogP contribution in [-0.4, -0.2) is 98.3 Å². The maximum absolute atomic E-state index is 12.8. The normalized spacial score (nSPS) is 22.9. The number of hydrogen-bond donors (Lipinski definition) is 6. The average molecular weight is 835 g/mol. The number of carbonyl (C=O) groups excluding carboxylic acids is 2. The highest BCUT2D eigenvalue weighted by atomic mass is 31.2. The third-order valence-electron chi connectivity index (χ3n) is 10.3. The summed E-state index contributed by atoms with van der Waals surface area (Å²) in [7, 11) is -5.12. The van der Waals surface area contributed by atoms with Crippen LogP contribution in [0.2, 0.25) is 0 Å². The minimum absolute atomic E-state index is 0.0355. The number of allylic oxidation sites excluding steroid dienone is 4. The van der Waals surface area contributed by atoms with Crippen molar-refractivity contribution < 1.29 is 63.1 Å². The Morgan fingerprint density at radius 3 is 1.47 bits per heavy atom. The summed E-state index contributed by atoms with van der Waals surface area (Å²) in [4.78, 5) is 35.5. The van der Waals surface area contributed by atoms with Crippen LogP contribution in [0.15, 0.2) is 24.3 Å². The number of rotatable bonds is 36. The van der Waals surface area contributed by atoms with Crippen LogP contribution in [0.4, 0.5) is 0 Å². The molecule has 57 heavy (non-hydrogen) atoms. The van der Waals surface area contributed by atoms with Crippen molar-refractivity contribution in [3.05, 3.63) is 24.3 Å². The smallest absolute Gasteiger partial charge is 0.462 e. The second kappa shape index (κ2) is 34.1. The second-order valence-electron chi connectivity index (χ2n) is 15.6. The van der Waals surface area contributed by atoms with E-state index in [9.17, 15) is 44.6 Å². The molecule has 1 aliphatic rings. The average Bonchev–Trinajstić information content (AvgIpc) is 3.19. The van der Waals surface area contributed by atoms with Crippen molar-refractivity contribution in [2.24, 2.45) is 0 Å². The molecule has 0 spiro atoms. The zero-order valence-corrected chi connectivity index (χ0v) is 36.0. The van der Waals surface area contributed by atoms with E-state index in [4.69, 9.17) is 18.5 Å². The number of aliphatic hydroxyl groups is 5. The molecule has 13 nitrogen and oxygen atoms in total. The number of phosphoric ester groups is 1. The molecule has 6 unspecified atom stereocenters. The third kappa shape index (κ3) is 26.9. The molecule has 0 bridgehead atoms. The zero-order chi connectivity index (χ0) is 42.2. The van der Waals surface area contributed by atoms with Gasteiger partial charge < -0.3 is 39.9 Å². The molecule has 0 saturated heterocycles. The third-order valence-corrected chi connectivity index (χ3v) is 11.3. The van der Waals surface area contributed by atoms with Crippen molar-refractivity contribution in [3.8, 4) is 0 Å². The molecule has 8 atom stereocenters. The molecule has 0 heterocycles. The first-order valence-electron chi connectivity index (χ1n) is 22.1. The van der Waals surface area contributed by atoms with Gasteiger partial charge in [0, 0.05) is 12.8 Å². The van der Waals surface area contributed by atoms with Gasteiger partial charge in [0.05, 0.1) is 6.61 Å². The van der Waals surface area contributed by atoms with E-state index in [2.05, 4.69) is 26.0 Å². The SMILES string of the molecule is CCCCCCCCCCC/C=C/C/C=C/CCCC(=O)O[C@H](COC(=O)CCCCCCCCCCCCC)COP(=O)(O)OC1C(O)C(O)C(O)[C@@H](O)C1O. The molecular formula is C43H79O13P. The number of hydrogen-bond acceptors (Lipinski definition) is 12. The van der Waals surface area contributed by atoms with Crippen molar-refractivity contribution >= 4 is 19.8 Å². The molecule has 0 aromatic carbocycles. The van der Waals surface area contributed by atoms with Crippen molar-refractivity contribution in [3.63, 3.8) is 0 Å². The molecule has 14 heteroatoms. The van der Waals surface area contributed by atoms with Gasteiger partial charge in [-0.1, -0.05) is 154 Å². The van der Waals surface area contributed by atoms with Gasteiger partial charge in [0.15, 0.2) is 6.10 Å². The molecule has 6 N–H and O–H groups in total. The molecule has 0 radical (unpaired) electrons. The first-order chi connectivity index (χ1) is 27.4. The lowest BCUT2D eigenvalue weighted by atomic mass is 9.85. The summed E-state index contributed by atoms with van der Waals surface area (Å²) in [5, 5.41) is 50.0. The van der Waals surface area contributed by atoms with Crippen molar-refractivity contribution in [1.82, 2.24) is 0 Å². The molecular weight excluding hydrogens is 755 g/mol. The van der Waals surface area contributed by atoms with Gasteiger partial charge in [0.2, 0.25) is 0 Å². The fourth-order valence-electron chi connectivity index (χ4n) is 6.68. The van der Waals surface area contributed by atoms with E-state index < -0.39 is 75.7 Å². The minimum Gasteiger partial charge on any atom is -0.462 e. The van der Waals surface area contributed by atoms with Crippen LogP contribution in [0.25, 0.3) is 0 Å². The fourth-order valence-corrected chi connectivity index (χ4v) is 7.65. The lowest BCUT2D eigenvalue weighted by Crippen LogP contribution is -2.64. The highest BCUT2D eigenvalue weighted by Crippen LogP contribution is 2.47. The molecule has 334 valence electrons. The second-order valence-corrected chi connectivity index (χ2v) is 17.0. The fraction of sp³-hybridized carbons (Fsp3) is 0.860. The van der Waals surface area contributed by atoms with Gasteiger partial charge in [-0.05, 0) is 38.5 Å². The van der Waals surface area contributed by atoms with E-state index in [1.54, 1.807) is 0 Å². The predicted molar refractivity (Wildman–Crippen MR) is 221 cm³/mol. The Balaban J connectivity index is 2.51. The van der Waals surface area contributed by atoms with Gasteiger partial charge in [0.25, 0.3) is 0 Å². The molecule has 0 aromatic rings. The highest BCUT2D eigenvalue weighted by molar-refractivity contribution is 7.47. The summed E-state index contributed by atoms with van der Waals surface area (Å²) in [5.41, 5.74) is 0. The standard InChI is InChI=1S/C43H79O13P/c1-3-5-7-9-11-13-15-16-17-18-19-20-22-24-26-28-30-32-37(45)55-35(33-53-36(44)31-29-27-25-23-21-14-12-10-8-6-4-2)34-54-57(51,52)56-43-41(49)39(47)38(46)40(48)42(43)50/h19-20,24,26,35,38-43,46-50H,3-18,21-23,25,27-34H2,1-2H3,(H,51,52)/b20-19+,26-24+/t35-,38?,39-,40?,41?,42?,43?/m1/s1. The quantitative estimate of drug-likeness (QED) is 0.0153. The van der Waals surface area contributed by atoms with Gasteiger partial charge in [-0.3, -0.25) is 18.6 Å². The molecule has 1 saturated carbocycles. The first kappa shape index (κ1) is 53.3. The summed E-state index contributed by atoms with van der Waals surface area (Å²) >= 11 is 0. The van der Waals surface area contributed by atoms with Gasteiger partial charge in [-0.25, -0.2) is 4.57 Å². The van der Waals surface area contributed by atoms with Crippen LogP contribution in [0.1, 0.15) is 181 Å². The number of esters is 2.